The number of aromatic nitrogens is 1. The lowest BCUT2D eigenvalue weighted by Crippen LogP contribution is -2.36. The van der Waals surface area contributed by atoms with Crippen molar-refractivity contribution in [2.24, 2.45) is 0 Å². The molecule has 0 radical (unpaired) electrons. The van der Waals surface area contributed by atoms with E-state index >= 15 is 0 Å². The third-order valence-electron chi connectivity index (χ3n) is 2.35. The van der Waals surface area contributed by atoms with Crippen molar-refractivity contribution < 1.29 is 9.18 Å². The molecule has 5 heteroatoms. The summed E-state index contributed by atoms with van der Waals surface area (Å²) in [6.07, 6.45) is 3.10. The molecule has 18 heavy (non-hydrogen) atoms. The molecule has 0 atom stereocenters. The molecule has 0 aliphatic heterocycles. The van der Waals surface area contributed by atoms with Crippen LogP contribution in [-0.2, 0) is 6.54 Å². The molecule has 0 saturated heterocycles. The molecule has 2 N–H and O–H groups in total. The van der Waals surface area contributed by atoms with Crippen LogP contribution in [0.1, 0.15) is 15.9 Å². The van der Waals surface area contributed by atoms with E-state index in [1.165, 1.54) is 12.1 Å². The van der Waals surface area contributed by atoms with E-state index in [1.54, 1.807) is 36.7 Å². The largest absolute Gasteiger partial charge is 0.287 e. The van der Waals surface area contributed by atoms with Gasteiger partial charge in [-0.25, -0.2) is 9.82 Å². The first-order chi connectivity index (χ1) is 8.75. The third kappa shape index (κ3) is 3.36. The average molecular weight is 245 g/mol. The Morgan fingerprint density at radius 1 is 1.11 bits per heavy atom. The van der Waals surface area contributed by atoms with Crippen LogP contribution in [0.5, 0.6) is 0 Å². The molecule has 0 aliphatic carbocycles. The highest BCUT2D eigenvalue weighted by atomic mass is 19.1. The van der Waals surface area contributed by atoms with Crippen molar-refractivity contribution in [3.05, 3.63) is 65.7 Å². The van der Waals surface area contributed by atoms with Crippen LogP contribution in [0.15, 0.2) is 48.8 Å². The van der Waals surface area contributed by atoms with Gasteiger partial charge in [-0.1, -0.05) is 12.1 Å². The number of hydrazine groups is 1. The van der Waals surface area contributed by atoms with E-state index in [2.05, 4.69) is 15.8 Å². The fourth-order valence-electron chi connectivity index (χ4n) is 1.40. The van der Waals surface area contributed by atoms with Crippen molar-refractivity contribution in [1.82, 2.24) is 15.8 Å². The molecule has 0 aliphatic rings. The van der Waals surface area contributed by atoms with Gasteiger partial charge in [0.2, 0.25) is 0 Å². The number of rotatable bonds is 4. The number of amides is 1. The number of nitrogens with zero attached hydrogens (tertiary/aromatic N) is 1. The summed E-state index contributed by atoms with van der Waals surface area (Å²) in [5.41, 5.74) is 6.73. The van der Waals surface area contributed by atoms with Gasteiger partial charge in [0.25, 0.3) is 5.91 Å². The van der Waals surface area contributed by atoms with Gasteiger partial charge in [-0.3, -0.25) is 15.2 Å². The molecule has 0 saturated carbocycles. The Bertz CT molecular complexity index is 514. The highest BCUT2D eigenvalue weighted by Crippen LogP contribution is 2.01. The number of hydrogen-bond acceptors (Lipinski definition) is 3. The Morgan fingerprint density at radius 3 is 2.44 bits per heavy atom. The summed E-state index contributed by atoms with van der Waals surface area (Å²) in [6.45, 7) is 0.428. The maximum absolute atomic E-state index is 12.7. The third-order valence-corrected chi connectivity index (χ3v) is 2.35. The summed E-state index contributed by atoms with van der Waals surface area (Å²) < 4.78 is 12.7. The van der Waals surface area contributed by atoms with E-state index in [-0.39, 0.29) is 11.7 Å². The number of hydrogen-bond donors (Lipinski definition) is 2. The first-order valence-electron chi connectivity index (χ1n) is 5.43. The molecule has 1 amide bonds. The molecule has 2 aromatic rings. The van der Waals surface area contributed by atoms with Crippen LogP contribution in [-0.4, -0.2) is 10.9 Å². The van der Waals surface area contributed by atoms with Crippen LogP contribution in [0.2, 0.25) is 0 Å². The fraction of sp³-hybridized carbons (Fsp3) is 0.0769. The van der Waals surface area contributed by atoms with E-state index in [0.717, 1.165) is 5.56 Å². The van der Waals surface area contributed by atoms with Gasteiger partial charge in [-0.05, 0) is 29.8 Å². The topological polar surface area (TPSA) is 54.0 Å². The summed E-state index contributed by atoms with van der Waals surface area (Å²) in [7, 11) is 0. The van der Waals surface area contributed by atoms with E-state index in [1.807, 2.05) is 0 Å². The molecule has 1 heterocycles. The number of pyridine rings is 1. The second kappa shape index (κ2) is 5.88. The lowest BCUT2D eigenvalue weighted by Gasteiger charge is -2.07. The van der Waals surface area contributed by atoms with Crippen molar-refractivity contribution in [3.8, 4) is 0 Å². The Morgan fingerprint density at radius 2 is 1.78 bits per heavy atom. The van der Waals surface area contributed by atoms with Gasteiger partial charge >= 0.3 is 0 Å². The maximum atomic E-state index is 12.7. The molecule has 0 fully saturated rings. The normalized spacial score (nSPS) is 10.1. The minimum atomic E-state index is -0.278. The summed E-state index contributed by atoms with van der Waals surface area (Å²) in [5.74, 6) is -0.515. The van der Waals surface area contributed by atoms with Crippen molar-refractivity contribution in [1.29, 1.82) is 0 Å². The van der Waals surface area contributed by atoms with Gasteiger partial charge in [-0.15, -0.1) is 0 Å². The Hall–Kier alpha value is -2.27. The number of nitrogens with one attached hydrogen (secondary N) is 2. The highest BCUT2D eigenvalue weighted by Gasteiger charge is 2.03. The zero-order valence-electron chi connectivity index (χ0n) is 9.56. The highest BCUT2D eigenvalue weighted by molar-refractivity contribution is 5.93. The Balaban J connectivity index is 1.82. The fourth-order valence-corrected chi connectivity index (χ4v) is 1.40. The monoisotopic (exact) mass is 245 g/mol. The quantitative estimate of drug-likeness (QED) is 0.805. The van der Waals surface area contributed by atoms with Crippen LogP contribution in [0.25, 0.3) is 0 Å². The van der Waals surface area contributed by atoms with Crippen molar-refractivity contribution >= 4 is 5.91 Å². The lowest BCUT2D eigenvalue weighted by atomic mass is 10.2. The molecule has 1 aromatic carbocycles. The van der Waals surface area contributed by atoms with Gasteiger partial charge in [0.15, 0.2) is 0 Å². The van der Waals surface area contributed by atoms with Crippen molar-refractivity contribution in [2.45, 2.75) is 6.54 Å². The van der Waals surface area contributed by atoms with Gasteiger partial charge in [0.1, 0.15) is 5.82 Å². The number of carbonyl (C=O) groups excluding carboxylic acids is 1. The average Bonchev–Trinajstić information content (AvgIpc) is 2.42. The van der Waals surface area contributed by atoms with Crippen LogP contribution in [0.4, 0.5) is 4.39 Å². The first kappa shape index (κ1) is 12.2. The van der Waals surface area contributed by atoms with Crippen LogP contribution in [0, 0.1) is 5.82 Å². The molecule has 0 unspecified atom stereocenters. The molecule has 92 valence electrons. The zero-order valence-corrected chi connectivity index (χ0v) is 9.56. The Kier molecular flexibility index (Phi) is 3.98. The molecular weight excluding hydrogens is 233 g/mol. The van der Waals surface area contributed by atoms with Gasteiger partial charge < -0.3 is 0 Å². The first-order valence-corrected chi connectivity index (χ1v) is 5.43. The second-order valence-electron chi connectivity index (χ2n) is 3.67. The standard InChI is InChI=1S/C13H12FN3O/c14-12-3-1-10(2-4-12)9-16-17-13(18)11-5-7-15-8-6-11/h1-8,16H,9H2,(H,17,18). The SMILES string of the molecule is O=C(NNCc1ccc(F)cc1)c1ccncc1. The van der Waals surface area contributed by atoms with E-state index in [0.29, 0.717) is 12.1 Å². The second-order valence-corrected chi connectivity index (χ2v) is 3.67. The summed E-state index contributed by atoms with van der Waals surface area (Å²) in [6, 6.07) is 9.30. The van der Waals surface area contributed by atoms with Gasteiger partial charge in [0.05, 0.1) is 0 Å². The number of benzene rings is 1. The summed E-state index contributed by atoms with van der Waals surface area (Å²) in [4.78, 5) is 15.5. The zero-order chi connectivity index (χ0) is 12.8. The minimum absolute atomic E-state index is 0.237. The predicted octanol–water partition coefficient (Wildman–Crippen LogP) is 1.66. The minimum Gasteiger partial charge on any atom is -0.287 e. The molecule has 0 bridgehead atoms. The van der Waals surface area contributed by atoms with Crippen molar-refractivity contribution in [2.75, 3.05) is 0 Å². The van der Waals surface area contributed by atoms with Gasteiger partial charge in [-0.2, -0.15) is 0 Å². The van der Waals surface area contributed by atoms with E-state index < -0.39 is 0 Å². The maximum Gasteiger partial charge on any atom is 0.265 e. The van der Waals surface area contributed by atoms with E-state index in [4.69, 9.17) is 0 Å². The van der Waals surface area contributed by atoms with E-state index in [9.17, 15) is 9.18 Å². The Labute approximate surface area is 104 Å². The van der Waals surface area contributed by atoms with Crippen molar-refractivity contribution in [3.63, 3.8) is 0 Å². The van der Waals surface area contributed by atoms with Crippen LogP contribution < -0.4 is 10.9 Å². The smallest absolute Gasteiger partial charge is 0.265 e. The molecule has 4 nitrogen and oxygen atoms in total. The summed E-state index contributed by atoms with van der Waals surface area (Å²) >= 11 is 0. The summed E-state index contributed by atoms with van der Waals surface area (Å²) in [5, 5.41) is 0. The molecule has 0 spiro atoms. The van der Waals surface area contributed by atoms with Crippen LogP contribution in [0.3, 0.4) is 0 Å². The number of carbonyl (C=O) groups is 1. The molecule has 1 aromatic heterocycles. The number of halogens is 1. The molecular formula is C13H12FN3O. The molecule has 2 rings (SSSR count). The predicted molar refractivity (Wildman–Crippen MR) is 64.9 cm³/mol. The lowest BCUT2D eigenvalue weighted by molar-refractivity contribution is 0.0932. The van der Waals surface area contributed by atoms with Crippen LogP contribution >= 0.6 is 0 Å². The van der Waals surface area contributed by atoms with Gasteiger partial charge in [0, 0.05) is 24.5 Å².